The molecule has 176 valence electrons. The molecule has 0 spiro atoms. The number of fused-ring (bicyclic) bond motifs is 2. The lowest BCUT2D eigenvalue weighted by atomic mass is 9.74. The van der Waals surface area contributed by atoms with E-state index in [0.29, 0.717) is 5.69 Å². The first-order valence-corrected chi connectivity index (χ1v) is 12.5. The Bertz CT molecular complexity index is 1410. The summed E-state index contributed by atoms with van der Waals surface area (Å²) < 4.78 is 45.4. The van der Waals surface area contributed by atoms with Gasteiger partial charge in [0, 0.05) is 30.5 Å². The number of alkyl halides is 1. The predicted molar refractivity (Wildman–Crippen MR) is 132 cm³/mol. The van der Waals surface area contributed by atoms with Gasteiger partial charge in [0.15, 0.2) is 0 Å². The van der Waals surface area contributed by atoms with E-state index < -0.39 is 27.0 Å². The predicted octanol–water partition coefficient (Wildman–Crippen LogP) is 4.90. The van der Waals surface area contributed by atoms with Crippen LogP contribution in [0.5, 0.6) is 0 Å². The Kier molecular flexibility index (Phi) is 6.01. The van der Waals surface area contributed by atoms with Crippen molar-refractivity contribution < 1.29 is 17.6 Å². The number of nitrogens with zero attached hydrogens (tertiary/aromatic N) is 1. The second-order valence-corrected chi connectivity index (χ2v) is 11.2. The fourth-order valence-corrected chi connectivity index (χ4v) is 5.46. The fourth-order valence-electron chi connectivity index (χ4n) is 4.43. The zero-order valence-corrected chi connectivity index (χ0v) is 20.2. The van der Waals surface area contributed by atoms with E-state index in [0.717, 1.165) is 16.3 Å². The Morgan fingerprint density at radius 2 is 1.79 bits per heavy atom. The summed E-state index contributed by atoms with van der Waals surface area (Å²) in [4.78, 5) is 14.4. The quantitative estimate of drug-likeness (QED) is 0.513. The monoisotopic (exact) mass is 478 g/mol. The topological polar surface area (TPSA) is 66.5 Å². The molecule has 0 fully saturated rings. The number of rotatable bonds is 6. The summed E-state index contributed by atoms with van der Waals surface area (Å²) in [7, 11) is -3.98. The van der Waals surface area contributed by atoms with Gasteiger partial charge in [-0.2, -0.15) is 0 Å². The molecule has 1 aliphatic heterocycles. The van der Waals surface area contributed by atoms with Gasteiger partial charge in [-0.05, 0) is 34.5 Å². The van der Waals surface area contributed by atoms with Crippen molar-refractivity contribution in [2.75, 3.05) is 11.4 Å². The smallest absolute Gasteiger partial charge is 0.270 e. The van der Waals surface area contributed by atoms with Gasteiger partial charge in [-0.15, -0.1) is 12.3 Å². The number of sulfonamides is 1. The molecular weight excluding hydrogens is 451 g/mol. The maximum Gasteiger partial charge on any atom is 0.270 e. The minimum absolute atomic E-state index is 0.0510. The van der Waals surface area contributed by atoms with Gasteiger partial charge in [0.05, 0.1) is 10.6 Å². The number of nitrogens with one attached hydrogen (secondary N) is 1. The number of amides is 1. The summed E-state index contributed by atoms with van der Waals surface area (Å²) in [6.45, 7) is 5.11. The highest BCUT2D eigenvalue weighted by Crippen LogP contribution is 2.53. The zero-order chi connectivity index (χ0) is 24.7. The number of carbonyl (C=O) groups is 1. The van der Waals surface area contributed by atoms with Crippen LogP contribution in [0.2, 0.25) is 0 Å². The first-order chi connectivity index (χ1) is 16.0. The van der Waals surface area contributed by atoms with Gasteiger partial charge in [0.1, 0.15) is 0 Å². The molecule has 1 aliphatic rings. The minimum Gasteiger partial charge on any atom is -0.308 e. The normalized spacial score (nSPS) is 18.2. The maximum atomic E-state index is 16.4. The van der Waals surface area contributed by atoms with E-state index in [1.54, 1.807) is 20.8 Å². The van der Waals surface area contributed by atoms with E-state index in [-0.39, 0.29) is 30.0 Å². The van der Waals surface area contributed by atoms with Crippen molar-refractivity contribution in [3.8, 4) is 12.3 Å². The van der Waals surface area contributed by atoms with E-state index in [2.05, 4.69) is 10.6 Å². The van der Waals surface area contributed by atoms with Gasteiger partial charge >= 0.3 is 0 Å². The zero-order valence-electron chi connectivity index (χ0n) is 19.4. The Balaban J connectivity index is 1.71. The van der Waals surface area contributed by atoms with Gasteiger partial charge in [0.25, 0.3) is 5.91 Å². The molecular formula is C27H27FN2O3S. The molecule has 0 aliphatic carbocycles. The van der Waals surface area contributed by atoms with Crippen LogP contribution in [0, 0.1) is 17.8 Å². The van der Waals surface area contributed by atoms with Crippen molar-refractivity contribution in [3.05, 3.63) is 71.8 Å². The molecule has 4 rings (SSSR count). The summed E-state index contributed by atoms with van der Waals surface area (Å²) in [5.41, 5.74) is -2.24. The molecule has 1 amide bonds. The van der Waals surface area contributed by atoms with Crippen LogP contribution in [0.15, 0.2) is 65.6 Å². The van der Waals surface area contributed by atoms with Gasteiger partial charge in [-0.25, -0.2) is 17.5 Å². The number of carbonyl (C=O) groups excluding carboxylic acids is 1. The van der Waals surface area contributed by atoms with Crippen LogP contribution >= 0.6 is 0 Å². The lowest BCUT2D eigenvalue weighted by molar-refractivity contribution is -0.136. The molecule has 5 nitrogen and oxygen atoms in total. The second-order valence-electron chi connectivity index (χ2n) is 9.46. The van der Waals surface area contributed by atoms with Gasteiger partial charge < -0.3 is 4.90 Å². The van der Waals surface area contributed by atoms with Crippen LogP contribution in [0.25, 0.3) is 10.8 Å². The molecule has 7 heteroatoms. The maximum absolute atomic E-state index is 16.4. The van der Waals surface area contributed by atoms with Crippen molar-refractivity contribution in [2.45, 2.75) is 44.3 Å². The Morgan fingerprint density at radius 1 is 1.09 bits per heavy atom. The number of hydrogen-bond acceptors (Lipinski definition) is 3. The molecule has 1 unspecified atom stereocenters. The van der Waals surface area contributed by atoms with E-state index in [1.165, 1.54) is 23.1 Å². The standard InChI is InChI=1S/C27H27FN2O3S/c1-5-6-16-30-24-15-14-21(17-23(24)27(28,25(30)31)26(2,3)4)34(32,33)29-18-20-12-9-11-19-10-7-8-13-22(19)20/h1,7-15,17,29H,6,16,18H2,2-4H3. The number of anilines is 1. The molecule has 0 saturated heterocycles. The van der Waals surface area contributed by atoms with Crippen molar-refractivity contribution in [2.24, 2.45) is 5.41 Å². The third-order valence-electron chi connectivity index (χ3n) is 6.33. The molecule has 1 N–H and O–H groups in total. The SMILES string of the molecule is C#CCCN1C(=O)C(F)(C(C)(C)C)c2cc(S(=O)(=O)NCc3cccc4ccccc34)ccc21. The summed E-state index contributed by atoms with van der Waals surface area (Å²) in [5.74, 6) is 1.75. The van der Waals surface area contributed by atoms with Crippen molar-refractivity contribution in [1.29, 1.82) is 0 Å². The summed E-state index contributed by atoms with van der Waals surface area (Å²) in [6, 6.07) is 17.6. The largest absolute Gasteiger partial charge is 0.308 e. The summed E-state index contributed by atoms with van der Waals surface area (Å²) >= 11 is 0. The third-order valence-corrected chi connectivity index (χ3v) is 7.72. The van der Waals surface area contributed by atoms with E-state index in [1.807, 2.05) is 42.5 Å². The van der Waals surface area contributed by atoms with Gasteiger partial charge in [-0.1, -0.05) is 63.2 Å². The average Bonchev–Trinajstić information content (AvgIpc) is 3.03. The highest BCUT2D eigenvalue weighted by Gasteiger charge is 2.58. The second kappa shape index (κ2) is 8.53. The fraction of sp³-hybridized carbons (Fsp3) is 0.296. The molecule has 0 bridgehead atoms. The number of halogens is 1. The molecule has 3 aromatic carbocycles. The van der Waals surface area contributed by atoms with E-state index in [4.69, 9.17) is 6.42 Å². The molecule has 3 aromatic rings. The Morgan fingerprint density at radius 3 is 2.50 bits per heavy atom. The van der Waals surface area contributed by atoms with Crippen molar-refractivity contribution in [3.63, 3.8) is 0 Å². The number of terminal acetylenes is 1. The molecule has 1 atom stereocenters. The molecule has 0 aromatic heterocycles. The highest BCUT2D eigenvalue weighted by atomic mass is 32.2. The first kappa shape index (κ1) is 23.9. The van der Waals surface area contributed by atoms with Crippen LogP contribution in [0.1, 0.15) is 38.3 Å². The van der Waals surface area contributed by atoms with Crippen LogP contribution in [0.4, 0.5) is 10.1 Å². The van der Waals surface area contributed by atoms with Crippen molar-refractivity contribution >= 4 is 32.4 Å². The average molecular weight is 479 g/mol. The Labute approximate surface area is 200 Å². The van der Waals surface area contributed by atoms with Gasteiger partial charge in [0.2, 0.25) is 15.7 Å². The molecule has 34 heavy (non-hydrogen) atoms. The van der Waals surface area contributed by atoms with Crippen LogP contribution in [0.3, 0.4) is 0 Å². The number of benzene rings is 3. The van der Waals surface area contributed by atoms with E-state index >= 15 is 4.39 Å². The molecule has 1 heterocycles. The Hall–Kier alpha value is -3.21. The van der Waals surface area contributed by atoms with E-state index in [9.17, 15) is 13.2 Å². The number of hydrogen-bond donors (Lipinski definition) is 1. The lowest BCUT2D eigenvalue weighted by Gasteiger charge is -2.33. The van der Waals surface area contributed by atoms with Crippen LogP contribution < -0.4 is 9.62 Å². The lowest BCUT2D eigenvalue weighted by Crippen LogP contribution is -2.46. The van der Waals surface area contributed by atoms with Crippen LogP contribution in [-0.4, -0.2) is 20.9 Å². The summed E-state index contributed by atoms with van der Waals surface area (Å²) in [6.07, 6.45) is 5.62. The summed E-state index contributed by atoms with van der Waals surface area (Å²) in [5, 5.41) is 1.96. The third kappa shape index (κ3) is 3.87. The molecule has 0 saturated carbocycles. The van der Waals surface area contributed by atoms with Gasteiger partial charge in [-0.3, -0.25) is 4.79 Å². The minimum atomic E-state index is -3.98. The van der Waals surface area contributed by atoms with Crippen LogP contribution in [-0.2, 0) is 27.0 Å². The highest BCUT2D eigenvalue weighted by molar-refractivity contribution is 7.89. The first-order valence-electron chi connectivity index (χ1n) is 11.1. The van der Waals surface area contributed by atoms with Crippen molar-refractivity contribution in [1.82, 2.24) is 4.72 Å². The molecule has 0 radical (unpaired) electrons.